The molecule has 0 spiro atoms. The Balaban J connectivity index is 1.54. The van der Waals surface area contributed by atoms with Gasteiger partial charge in [-0.05, 0) is 30.5 Å². The summed E-state index contributed by atoms with van der Waals surface area (Å²) in [5.74, 6) is 8.86. The minimum absolute atomic E-state index is 0.603. The molecule has 0 fully saturated rings. The predicted molar refractivity (Wildman–Crippen MR) is 107 cm³/mol. The van der Waals surface area contributed by atoms with Crippen LogP contribution in [0.1, 0.15) is 11.5 Å². The molecule has 0 aliphatic heterocycles. The molecule has 0 saturated carbocycles. The topological polar surface area (TPSA) is 82.8 Å². The van der Waals surface area contributed by atoms with Crippen LogP contribution >= 0.6 is 39.0 Å². The number of halogens is 1. The lowest BCUT2D eigenvalue weighted by molar-refractivity contribution is 0.542. The lowest BCUT2D eigenvalue weighted by Gasteiger charge is -2.04. The maximum absolute atomic E-state index is 6.20. The average Bonchev–Trinajstić information content (AvgIpc) is 3.35. The van der Waals surface area contributed by atoms with Gasteiger partial charge in [-0.15, -0.1) is 21.5 Å². The highest BCUT2D eigenvalue weighted by atomic mass is 79.9. The van der Waals surface area contributed by atoms with Gasteiger partial charge in [-0.25, -0.2) is 9.66 Å². The Morgan fingerprint density at radius 1 is 1.23 bits per heavy atom. The van der Waals surface area contributed by atoms with Gasteiger partial charge in [0.15, 0.2) is 5.82 Å². The number of thiophene rings is 1. The molecule has 9 heteroatoms. The number of nitrogen functional groups attached to an aromatic ring is 1. The standard InChI is InChI=1S/C17H14BrN5OS2/c1-10-13(20-16(24-10)14-7-4-8-25-14)9-26-17-22-21-15(23(17)19)11-5-2-3-6-12(11)18/h2-8H,9,19H2,1H3. The van der Waals surface area contributed by atoms with E-state index in [1.807, 2.05) is 48.7 Å². The maximum Gasteiger partial charge on any atom is 0.236 e. The molecule has 0 aliphatic rings. The van der Waals surface area contributed by atoms with Crippen molar-refractivity contribution < 1.29 is 4.42 Å². The number of oxazole rings is 1. The van der Waals surface area contributed by atoms with E-state index < -0.39 is 0 Å². The summed E-state index contributed by atoms with van der Waals surface area (Å²) in [6, 6.07) is 11.7. The predicted octanol–water partition coefficient (Wildman–Crippen LogP) is 4.74. The second-order valence-corrected chi connectivity index (χ2v) is 8.19. The minimum atomic E-state index is 0.603. The molecule has 0 saturated heterocycles. The second-order valence-electron chi connectivity index (χ2n) is 5.44. The van der Waals surface area contributed by atoms with Crippen molar-refractivity contribution in [1.29, 1.82) is 0 Å². The van der Waals surface area contributed by atoms with Gasteiger partial charge in [0.2, 0.25) is 11.0 Å². The summed E-state index contributed by atoms with van der Waals surface area (Å²) in [6.07, 6.45) is 0. The molecule has 6 nitrogen and oxygen atoms in total. The van der Waals surface area contributed by atoms with Gasteiger partial charge >= 0.3 is 0 Å². The molecular weight excluding hydrogens is 434 g/mol. The van der Waals surface area contributed by atoms with Crippen LogP contribution in [0.5, 0.6) is 0 Å². The Bertz CT molecular complexity index is 1040. The van der Waals surface area contributed by atoms with Crippen molar-refractivity contribution >= 4 is 39.0 Å². The molecule has 3 heterocycles. The van der Waals surface area contributed by atoms with Crippen LogP contribution in [0.3, 0.4) is 0 Å². The van der Waals surface area contributed by atoms with Gasteiger partial charge in [0.1, 0.15) is 5.76 Å². The molecule has 4 aromatic rings. The SMILES string of the molecule is Cc1oc(-c2cccs2)nc1CSc1nnc(-c2ccccc2Br)n1N. The fourth-order valence-electron chi connectivity index (χ4n) is 2.40. The Labute approximate surface area is 166 Å². The van der Waals surface area contributed by atoms with Gasteiger partial charge in [0, 0.05) is 15.8 Å². The molecule has 0 bridgehead atoms. The van der Waals surface area contributed by atoms with E-state index in [0.29, 0.717) is 22.6 Å². The largest absolute Gasteiger partial charge is 0.440 e. The highest BCUT2D eigenvalue weighted by Gasteiger charge is 2.17. The van der Waals surface area contributed by atoms with E-state index in [4.69, 9.17) is 10.3 Å². The van der Waals surface area contributed by atoms with Gasteiger partial charge < -0.3 is 10.3 Å². The van der Waals surface area contributed by atoms with Gasteiger partial charge in [-0.1, -0.05) is 45.9 Å². The summed E-state index contributed by atoms with van der Waals surface area (Å²) in [4.78, 5) is 5.61. The van der Waals surface area contributed by atoms with Crippen LogP contribution in [0.15, 0.2) is 55.8 Å². The number of aryl methyl sites for hydroxylation is 1. The van der Waals surface area contributed by atoms with Crippen molar-refractivity contribution in [1.82, 2.24) is 19.9 Å². The van der Waals surface area contributed by atoms with Gasteiger partial charge in [-0.3, -0.25) is 0 Å². The van der Waals surface area contributed by atoms with Crippen LogP contribution in [0.25, 0.3) is 22.2 Å². The smallest absolute Gasteiger partial charge is 0.236 e. The number of nitrogens with two attached hydrogens (primary N) is 1. The van der Waals surface area contributed by atoms with E-state index in [1.165, 1.54) is 16.4 Å². The molecular formula is C17H14BrN5OS2. The van der Waals surface area contributed by atoms with E-state index in [1.54, 1.807) is 11.3 Å². The molecule has 4 rings (SSSR count). The lowest BCUT2D eigenvalue weighted by atomic mass is 10.2. The molecule has 0 amide bonds. The van der Waals surface area contributed by atoms with Crippen LogP contribution in [-0.4, -0.2) is 19.9 Å². The quantitative estimate of drug-likeness (QED) is 0.351. The molecule has 26 heavy (non-hydrogen) atoms. The molecule has 1 aromatic carbocycles. The van der Waals surface area contributed by atoms with Crippen LogP contribution in [-0.2, 0) is 5.75 Å². The first-order valence-corrected chi connectivity index (χ1v) is 10.4. The van der Waals surface area contributed by atoms with Gasteiger partial charge in [0.05, 0.1) is 10.6 Å². The minimum Gasteiger partial charge on any atom is -0.440 e. The summed E-state index contributed by atoms with van der Waals surface area (Å²) < 4.78 is 8.19. The highest BCUT2D eigenvalue weighted by Crippen LogP contribution is 2.31. The maximum atomic E-state index is 6.20. The molecule has 3 aromatic heterocycles. The second kappa shape index (κ2) is 7.26. The average molecular weight is 448 g/mol. The molecule has 0 unspecified atom stereocenters. The van der Waals surface area contributed by atoms with Crippen molar-refractivity contribution in [2.75, 3.05) is 5.84 Å². The third kappa shape index (κ3) is 3.29. The van der Waals surface area contributed by atoms with Gasteiger partial charge in [0.25, 0.3) is 0 Å². The van der Waals surface area contributed by atoms with Crippen molar-refractivity contribution in [2.45, 2.75) is 17.8 Å². The van der Waals surface area contributed by atoms with E-state index >= 15 is 0 Å². The summed E-state index contributed by atoms with van der Waals surface area (Å²) in [5.41, 5.74) is 1.77. The first-order chi connectivity index (χ1) is 12.6. The lowest BCUT2D eigenvalue weighted by Crippen LogP contribution is -2.11. The Morgan fingerprint density at radius 3 is 2.85 bits per heavy atom. The first-order valence-electron chi connectivity index (χ1n) is 7.72. The van der Waals surface area contributed by atoms with E-state index in [9.17, 15) is 0 Å². The zero-order chi connectivity index (χ0) is 18.1. The van der Waals surface area contributed by atoms with Crippen molar-refractivity contribution in [3.05, 3.63) is 57.7 Å². The summed E-state index contributed by atoms with van der Waals surface area (Å²) >= 11 is 6.60. The molecule has 2 N–H and O–H groups in total. The van der Waals surface area contributed by atoms with Crippen LogP contribution < -0.4 is 5.84 Å². The zero-order valence-corrected chi connectivity index (χ0v) is 16.9. The first kappa shape index (κ1) is 17.3. The third-order valence-electron chi connectivity index (χ3n) is 3.74. The molecule has 0 atom stereocenters. The monoisotopic (exact) mass is 447 g/mol. The van der Waals surface area contributed by atoms with Crippen molar-refractivity contribution in [3.8, 4) is 22.2 Å². The highest BCUT2D eigenvalue weighted by molar-refractivity contribution is 9.10. The normalized spacial score (nSPS) is 11.2. The molecule has 132 valence electrons. The van der Waals surface area contributed by atoms with Crippen LogP contribution in [0.2, 0.25) is 0 Å². The van der Waals surface area contributed by atoms with Crippen molar-refractivity contribution in [2.24, 2.45) is 0 Å². The zero-order valence-electron chi connectivity index (χ0n) is 13.7. The number of hydrogen-bond acceptors (Lipinski definition) is 7. The molecule has 0 aliphatic carbocycles. The van der Waals surface area contributed by atoms with Crippen molar-refractivity contribution in [3.63, 3.8) is 0 Å². The number of nitrogens with zero attached hydrogens (tertiary/aromatic N) is 4. The number of aromatic nitrogens is 4. The van der Waals surface area contributed by atoms with Gasteiger partial charge in [-0.2, -0.15) is 0 Å². The summed E-state index contributed by atoms with van der Waals surface area (Å²) in [6.45, 7) is 1.92. The fourth-order valence-corrected chi connectivity index (χ4v) is 4.37. The number of benzene rings is 1. The Kier molecular flexibility index (Phi) is 4.84. The Morgan fingerprint density at radius 2 is 2.08 bits per heavy atom. The molecule has 0 radical (unpaired) electrons. The van der Waals surface area contributed by atoms with E-state index in [-0.39, 0.29) is 0 Å². The number of thioether (sulfide) groups is 1. The van der Waals surface area contributed by atoms with E-state index in [2.05, 4.69) is 31.1 Å². The van der Waals surface area contributed by atoms with E-state index in [0.717, 1.165) is 26.4 Å². The summed E-state index contributed by atoms with van der Waals surface area (Å²) in [7, 11) is 0. The van der Waals surface area contributed by atoms with Crippen LogP contribution in [0, 0.1) is 6.92 Å². The Hall–Kier alpha value is -2.10. The fraction of sp³-hybridized carbons (Fsp3) is 0.118. The summed E-state index contributed by atoms with van der Waals surface area (Å²) in [5, 5.41) is 11.1. The van der Waals surface area contributed by atoms with Crippen LogP contribution in [0.4, 0.5) is 0 Å². The number of rotatable bonds is 5. The third-order valence-corrected chi connectivity index (χ3v) is 6.25. The number of hydrogen-bond donors (Lipinski definition) is 1.